The Morgan fingerprint density at radius 1 is 1.38 bits per heavy atom. The molecule has 1 aromatic heterocycles. The highest BCUT2D eigenvalue weighted by atomic mass is 32.2. The average Bonchev–Trinajstić information content (AvgIpc) is 3.13. The number of nitrogens with zero attached hydrogens (tertiary/aromatic N) is 1. The highest BCUT2D eigenvalue weighted by Crippen LogP contribution is 2.21. The lowest BCUT2D eigenvalue weighted by Gasteiger charge is -2.34. The molecular weight excluding hydrogens is 358 g/mol. The van der Waals surface area contributed by atoms with Gasteiger partial charge in [-0.2, -0.15) is 4.31 Å². The van der Waals surface area contributed by atoms with Gasteiger partial charge in [-0.1, -0.05) is 13.3 Å². The standard InChI is InChI=1S/C17H27N3O5S/c1-3-11-26(23,24)20-9-5-4-8-15(20)17(22)19-13(2)16(21)18-12-14-7-6-10-25-14/h6-7,10,13,15H,3-5,8-9,11-12H2,1-2H3,(H,18,21)(H,19,22). The molecule has 1 saturated heterocycles. The van der Waals surface area contributed by atoms with E-state index >= 15 is 0 Å². The number of piperidine rings is 1. The number of rotatable bonds is 8. The molecule has 1 fully saturated rings. The molecule has 2 N–H and O–H groups in total. The zero-order valence-electron chi connectivity index (χ0n) is 15.2. The molecular formula is C17H27N3O5S. The van der Waals surface area contributed by atoms with E-state index in [0.717, 1.165) is 12.8 Å². The minimum atomic E-state index is -3.46. The minimum absolute atomic E-state index is 0.0238. The van der Waals surface area contributed by atoms with Crippen molar-refractivity contribution in [3.05, 3.63) is 24.2 Å². The molecule has 0 aliphatic carbocycles. The zero-order valence-corrected chi connectivity index (χ0v) is 16.0. The van der Waals surface area contributed by atoms with Gasteiger partial charge in [0, 0.05) is 6.54 Å². The fourth-order valence-corrected chi connectivity index (χ4v) is 4.74. The van der Waals surface area contributed by atoms with Crippen molar-refractivity contribution in [2.24, 2.45) is 0 Å². The molecule has 2 atom stereocenters. The summed E-state index contributed by atoms with van der Waals surface area (Å²) in [5.74, 6) is -0.143. The van der Waals surface area contributed by atoms with Gasteiger partial charge in [-0.3, -0.25) is 9.59 Å². The Labute approximate surface area is 154 Å². The van der Waals surface area contributed by atoms with Crippen molar-refractivity contribution in [3.63, 3.8) is 0 Å². The first-order chi connectivity index (χ1) is 12.3. The smallest absolute Gasteiger partial charge is 0.242 e. The summed E-state index contributed by atoms with van der Waals surface area (Å²) in [7, 11) is -3.46. The van der Waals surface area contributed by atoms with Gasteiger partial charge < -0.3 is 15.1 Å². The Bertz CT molecular complexity index is 702. The van der Waals surface area contributed by atoms with E-state index in [1.54, 1.807) is 26.0 Å². The van der Waals surface area contributed by atoms with Crippen LogP contribution in [-0.4, -0.2) is 48.9 Å². The van der Waals surface area contributed by atoms with Crippen LogP contribution in [-0.2, 0) is 26.2 Å². The van der Waals surface area contributed by atoms with Crippen molar-refractivity contribution in [1.82, 2.24) is 14.9 Å². The summed E-state index contributed by atoms with van der Waals surface area (Å²) in [5.41, 5.74) is 0. The third-order valence-electron chi connectivity index (χ3n) is 4.34. The number of amides is 2. The van der Waals surface area contributed by atoms with Gasteiger partial charge in [0.15, 0.2) is 0 Å². The highest BCUT2D eigenvalue weighted by Gasteiger charge is 2.36. The first-order valence-electron chi connectivity index (χ1n) is 8.95. The SMILES string of the molecule is CCCS(=O)(=O)N1CCCCC1C(=O)NC(C)C(=O)NCc1ccco1. The van der Waals surface area contributed by atoms with E-state index in [1.807, 2.05) is 0 Å². The molecule has 1 aliphatic rings. The quantitative estimate of drug-likeness (QED) is 0.694. The van der Waals surface area contributed by atoms with Gasteiger partial charge in [-0.25, -0.2) is 8.42 Å². The van der Waals surface area contributed by atoms with Crippen LogP contribution in [0.2, 0.25) is 0 Å². The molecule has 2 unspecified atom stereocenters. The summed E-state index contributed by atoms with van der Waals surface area (Å²) in [5, 5.41) is 5.31. The minimum Gasteiger partial charge on any atom is -0.467 e. The summed E-state index contributed by atoms with van der Waals surface area (Å²) >= 11 is 0. The predicted octanol–water partition coefficient (Wildman–Crippen LogP) is 0.995. The van der Waals surface area contributed by atoms with Gasteiger partial charge in [0.2, 0.25) is 21.8 Å². The molecule has 2 rings (SSSR count). The molecule has 0 radical (unpaired) electrons. The van der Waals surface area contributed by atoms with Gasteiger partial charge >= 0.3 is 0 Å². The Morgan fingerprint density at radius 2 is 2.15 bits per heavy atom. The van der Waals surface area contributed by atoms with E-state index in [9.17, 15) is 18.0 Å². The van der Waals surface area contributed by atoms with Gasteiger partial charge in [-0.05, 0) is 38.3 Å². The van der Waals surface area contributed by atoms with E-state index in [2.05, 4.69) is 10.6 Å². The van der Waals surface area contributed by atoms with Crippen molar-refractivity contribution in [3.8, 4) is 0 Å². The zero-order chi connectivity index (χ0) is 19.2. The van der Waals surface area contributed by atoms with Crippen LogP contribution >= 0.6 is 0 Å². The van der Waals surface area contributed by atoms with Gasteiger partial charge in [0.1, 0.15) is 17.8 Å². The number of carbonyl (C=O) groups excluding carboxylic acids is 2. The molecule has 0 aromatic carbocycles. The van der Waals surface area contributed by atoms with Crippen LogP contribution < -0.4 is 10.6 Å². The number of furan rings is 1. The molecule has 0 spiro atoms. The Hall–Kier alpha value is -1.87. The maximum Gasteiger partial charge on any atom is 0.242 e. The third-order valence-corrected chi connectivity index (χ3v) is 6.42. The topological polar surface area (TPSA) is 109 Å². The number of nitrogens with one attached hydrogen (secondary N) is 2. The van der Waals surface area contributed by atoms with Crippen molar-refractivity contribution in [2.45, 2.75) is 58.2 Å². The number of hydrogen-bond donors (Lipinski definition) is 2. The Morgan fingerprint density at radius 3 is 2.81 bits per heavy atom. The van der Waals surface area contributed by atoms with Crippen LogP contribution in [0.1, 0.15) is 45.3 Å². The van der Waals surface area contributed by atoms with E-state index in [1.165, 1.54) is 10.6 Å². The molecule has 26 heavy (non-hydrogen) atoms. The number of carbonyl (C=O) groups is 2. The molecule has 2 amide bonds. The van der Waals surface area contributed by atoms with Crippen LogP contribution in [0.15, 0.2) is 22.8 Å². The monoisotopic (exact) mass is 385 g/mol. The van der Waals surface area contributed by atoms with Crippen molar-refractivity contribution in [1.29, 1.82) is 0 Å². The molecule has 8 nitrogen and oxygen atoms in total. The highest BCUT2D eigenvalue weighted by molar-refractivity contribution is 7.89. The third kappa shape index (κ3) is 5.31. The molecule has 0 saturated carbocycles. The van der Waals surface area contributed by atoms with E-state index in [0.29, 0.717) is 25.1 Å². The van der Waals surface area contributed by atoms with E-state index in [-0.39, 0.29) is 18.2 Å². The maximum atomic E-state index is 12.6. The molecule has 0 bridgehead atoms. The van der Waals surface area contributed by atoms with Crippen LogP contribution in [0.25, 0.3) is 0 Å². The van der Waals surface area contributed by atoms with Crippen molar-refractivity contribution in [2.75, 3.05) is 12.3 Å². The first-order valence-corrected chi connectivity index (χ1v) is 10.6. The first kappa shape index (κ1) is 20.4. The van der Waals surface area contributed by atoms with E-state index in [4.69, 9.17) is 4.42 Å². The maximum absolute atomic E-state index is 12.6. The second-order valence-corrected chi connectivity index (χ2v) is 8.51. The Balaban J connectivity index is 1.94. The summed E-state index contributed by atoms with van der Waals surface area (Å²) < 4.78 is 31.3. The summed E-state index contributed by atoms with van der Waals surface area (Å²) in [6.07, 6.45) is 4.01. The lowest BCUT2D eigenvalue weighted by Crippen LogP contribution is -2.55. The van der Waals surface area contributed by atoms with Crippen molar-refractivity contribution < 1.29 is 22.4 Å². The van der Waals surface area contributed by atoms with Crippen LogP contribution in [0, 0.1) is 0 Å². The average molecular weight is 385 g/mol. The lowest BCUT2D eigenvalue weighted by atomic mass is 10.0. The van der Waals surface area contributed by atoms with Crippen LogP contribution in [0.5, 0.6) is 0 Å². The molecule has 1 aromatic rings. The fourth-order valence-electron chi connectivity index (χ4n) is 2.99. The second kappa shape index (κ2) is 9.18. The number of hydrogen-bond acceptors (Lipinski definition) is 5. The molecule has 2 heterocycles. The van der Waals surface area contributed by atoms with Crippen LogP contribution in [0.4, 0.5) is 0 Å². The van der Waals surface area contributed by atoms with Crippen LogP contribution in [0.3, 0.4) is 0 Å². The van der Waals surface area contributed by atoms with Crippen molar-refractivity contribution >= 4 is 21.8 Å². The second-order valence-electron chi connectivity index (χ2n) is 6.47. The normalized spacial score (nSPS) is 19.7. The summed E-state index contributed by atoms with van der Waals surface area (Å²) in [6, 6.07) is 1.94. The summed E-state index contributed by atoms with van der Waals surface area (Å²) in [4.78, 5) is 24.7. The van der Waals surface area contributed by atoms with Gasteiger partial charge in [-0.15, -0.1) is 0 Å². The predicted molar refractivity (Wildman–Crippen MR) is 96.6 cm³/mol. The molecule has 1 aliphatic heterocycles. The molecule has 146 valence electrons. The largest absolute Gasteiger partial charge is 0.467 e. The molecule has 9 heteroatoms. The van der Waals surface area contributed by atoms with Gasteiger partial charge in [0.05, 0.1) is 18.6 Å². The summed E-state index contributed by atoms with van der Waals surface area (Å²) in [6.45, 7) is 3.94. The fraction of sp³-hybridized carbons (Fsp3) is 0.647. The lowest BCUT2D eigenvalue weighted by molar-refractivity contribution is -0.131. The number of sulfonamides is 1. The Kier molecular flexibility index (Phi) is 7.22. The van der Waals surface area contributed by atoms with Gasteiger partial charge in [0.25, 0.3) is 0 Å². The van der Waals surface area contributed by atoms with E-state index < -0.39 is 28.0 Å².